The van der Waals surface area contributed by atoms with Gasteiger partial charge in [-0.25, -0.2) is 0 Å². The molecular weight excluding hydrogens is 354 g/mol. The summed E-state index contributed by atoms with van der Waals surface area (Å²) in [5.41, 5.74) is 3.36. The summed E-state index contributed by atoms with van der Waals surface area (Å²) in [6, 6.07) is 11.2. The number of aliphatic hydroxyl groups excluding tert-OH is 1. The number of phenolic OH excluding ortho intramolecular Hbond substituents is 1. The smallest absolute Gasteiger partial charge is 0.295 e. The number of benzene rings is 2. The molecule has 146 valence electrons. The summed E-state index contributed by atoms with van der Waals surface area (Å²) in [5.74, 6) is -1.34. The van der Waals surface area contributed by atoms with E-state index in [1.165, 1.54) is 17.0 Å². The van der Waals surface area contributed by atoms with Crippen LogP contribution in [0.25, 0.3) is 5.76 Å². The summed E-state index contributed by atoms with van der Waals surface area (Å²) in [6.45, 7) is 6.35. The summed E-state index contributed by atoms with van der Waals surface area (Å²) < 4.78 is 0. The fraction of sp³-hybridized carbons (Fsp3) is 0.304. The van der Waals surface area contributed by atoms with Gasteiger partial charge < -0.3 is 15.1 Å². The van der Waals surface area contributed by atoms with Crippen molar-refractivity contribution in [3.8, 4) is 5.75 Å². The summed E-state index contributed by atoms with van der Waals surface area (Å²) in [4.78, 5) is 27.1. The van der Waals surface area contributed by atoms with Gasteiger partial charge in [0.25, 0.3) is 11.7 Å². The molecule has 2 aromatic rings. The lowest BCUT2D eigenvalue weighted by Gasteiger charge is -2.25. The monoisotopic (exact) mass is 379 g/mol. The Labute approximate surface area is 164 Å². The standard InChI is InChI=1S/C23H25NO4/c1-4-5-12-24-20(16-8-10-18(25)11-9-16)19(22(27)23(24)28)21(26)17-7-6-14(2)15(3)13-17/h6-11,13,20,25-26H,4-5,12H2,1-3H3/b21-19-. The Morgan fingerprint density at radius 1 is 1.04 bits per heavy atom. The maximum atomic E-state index is 12.8. The van der Waals surface area contributed by atoms with Crippen LogP contribution in [0, 0.1) is 13.8 Å². The third-order valence-corrected chi connectivity index (χ3v) is 5.28. The zero-order valence-electron chi connectivity index (χ0n) is 16.4. The van der Waals surface area contributed by atoms with Crippen molar-refractivity contribution >= 4 is 17.4 Å². The first-order valence-electron chi connectivity index (χ1n) is 9.50. The molecule has 0 aliphatic carbocycles. The number of likely N-dealkylation sites (tertiary alicyclic amines) is 1. The third-order valence-electron chi connectivity index (χ3n) is 5.28. The summed E-state index contributed by atoms with van der Waals surface area (Å²) in [6.07, 6.45) is 1.63. The average molecular weight is 379 g/mol. The molecule has 2 aromatic carbocycles. The lowest BCUT2D eigenvalue weighted by atomic mass is 9.94. The molecular formula is C23H25NO4. The molecule has 1 aliphatic heterocycles. The Morgan fingerprint density at radius 2 is 1.71 bits per heavy atom. The second kappa shape index (κ2) is 7.89. The zero-order chi connectivity index (χ0) is 20.4. The number of aliphatic hydroxyl groups is 1. The van der Waals surface area contributed by atoms with Crippen LogP contribution in [0.3, 0.4) is 0 Å². The number of aromatic hydroxyl groups is 1. The van der Waals surface area contributed by atoms with Crippen molar-refractivity contribution in [3.05, 3.63) is 70.3 Å². The molecule has 1 fully saturated rings. The number of carbonyl (C=O) groups excluding carboxylic acids is 2. The summed E-state index contributed by atoms with van der Waals surface area (Å²) >= 11 is 0. The zero-order valence-corrected chi connectivity index (χ0v) is 16.4. The predicted octanol–water partition coefficient (Wildman–Crippen LogP) is 4.23. The van der Waals surface area contributed by atoms with E-state index in [-0.39, 0.29) is 17.1 Å². The van der Waals surface area contributed by atoms with Crippen molar-refractivity contribution in [2.75, 3.05) is 6.54 Å². The minimum atomic E-state index is -0.676. The molecule has 1 heterocycles. The number of phenols is 1. The van der Waals surface area contributed by atoms with E-state index in [0.717, 1.165) is 24.0 Å². The fourth-order valence-electron chi connectivity index (χ4n) is 3.49. The second-order valence-corrected chi connectivity index (χ2v) is 7.24. The molecule has 0 bridgehead atoms. The van der Waals surface area contributed by atoms with E-state index < -0.39 is 17.7 Å². The van der Waals surface area contributed by atoms with Crippen LogP contribution in [0.4, 0.5) is 0 Å². The molecule has 28 heavy (non-hydrogen) atoms. The molecule has 3 rings (SSSR count). The van der Waals surface area contributed by atoms with Gasteiger partial charge in [-0.1, -0.05) is 37.6 Å². The second-order valence-electron chi connectivity index (χ2n) is 7.24. The van der Waals surface area contributed by atoms with Gasteiger partial charge in [0, 0.05) is 12.1 Å². The number of rotatable bonds is 5. The van der Waals surface area contributed by atoms with E-state index in [9.17, 15) is 19.8 Å². The Bertz CT molecular complexity index is 944. The topological polar surface area (TPSA) is 77.8 Å². The number of amides is 1. The Kier molecular flexibility index (Phi) is 5.54. The summed E-state index contributed by atoms with van der Waals surface area (Å²) in [5, 5.41) is 20.6. The van der Waals surface area contributed by atoms with Crippen LogP contribution < -0.4 is 0 Å². The van der Waals surface area contributed by atoms with Crippen molar-refractivity contribution in [1.82, 2.24) is 4.90 Å². The number of unbranched alkanes of at least 4 members (excludes halogenated alkanes) is 1. The van der Waals surface area contributed by atoms with E-state index in [2.05, 4.69) is 0 Å². The van der Waals surface area contributed by atoms with E-state index in [1.807, 2.05) is 32.9 Å². The Balaban J connectivity index is 2.17. The van der Waals surface area contributed by atoms with Gasteiger partial charge in [0.1, 0.15) is 11.5 Å². The molecule has 5 nitrogen and oxygen atoms in total. The molecule has 1 saturated heterocycles. The minimum Gasteiger partial charge on any atom is -0.508 e. The normalized spacial score (nSPS) is 18.7. The van der Waals surface area contributed by atoms with Gasteiger partial charge in [-0.3, -0.25) is 9.59 Å². The van der Waals surface area contributed by atoms with Crippen molar-refractivity contribution in [2.24, 2.45) is 0 Å². The van der Waals surface area contributed by atoms with Gasteiger partial charge in [0.15, 0.2) is 0 Å². The highest BCUT2D eigenvalue weighted by Gasteiger charge is 2.45. The number of Topliss-reactive ketones (excluding diaryl/α,β-unsaturated/α-hetero) is 1. The van der Waals surface area contributed by atoms with Gasteiger partial charge in [-0.05, 0) is 55.2 Å². The Morgan fingerprint density at radius 3 is 2.32 bits per heavy atom. The number of nitrogens with zero attached hydrogens (tertiary/aromatic N) is 1. The maximum absolute atomic E-state index is 12.8. The first kappa shape index (κ1) is 19.7. The maximum Gasteiger partial charge on any atom is 0.295 e. The van der Waals surface area contributed by atoms with Gasteiger partial charge in [-0.15, -0.1) is 0 Å². The molecule has 0 radical (unpaired) electrons. The highest BCUT2D eigenvalue weighted by Crippen LogP contribution is 2.40. The largest absolute Gasteiger partial charge is 0.508 e. The number of carbonyl (C=O) groups is 2. The third kappa shape index (κ3) is 3.52. The number of aryl methyl sites for hydroxylation is 2. The fourth-order valence-corrected chi connectivity index (χ4v) is 3.49. The van der Waals surface area contributed by atoms with E-state index in [4.69, 9.17) is 0 Å². The van der Waals surface area contributed by atoms with E-state index >= 15 is 0 Å². The highest BCUT2D eigenvalue weighted by atomic mass is 16.3. The van der Waals surface area contributed by atoms with Crippen molar-refractivity contribution < 1.29 is 19.8 Å². The molecule has 1 unspecified atom stereocenters. The number of hydrogen-bond donors (Lipinski definition) is 2. The molecule has 1 atom stereocenters. The van der Waals surface area contributed by atoms with Crippen LogP contribution in [0.2, 0.25) is 0 Å². The summed E-state index contributed by atoms with van der Waals surface area (Å²) in [7, 11) is 0. The lowest BCUT2D eigenvalue weighted by molar-refractivity contribution is -0.139. The van der Waals surface area contributed by atoms with Crippen molar-refractivity contribution in [3.63, 3.8) is 0 Å². The molecule has 2 N–H and O–H groups in total. The van der Waals surface area contributed by atoms with Crippen molar-refractivity contribution in [2.45, 2.75) is 39.7 Å². The van der Waals surface area contributed by atoms with Crippen LogP contribution in [0.15, 0.2) is 48.0 Å². The highest BCUT2D eigenvalue weighted by molar-refractivity contribution is 6.46. The van der Waals surface area contributed by atoms with E-state index in [1.54, 1.807) is 18.2 Å². The first-order chi connectivity index (χ1) is 13.3. The molecule has 1 amide bonds. The quantitative estimate of drug-likeness (QED) is 0.463. The lowest BCUT2D eigenvalue weighted by Crippen LogP contribution is -2.30. The van der Waals surface area contributed by atoms with Crippen LogP contribution in [0.5, 0.6) is 5.75 Å². The average Bonchev–Trinajstić information content (AvgIpc) is 2.93. The van der Waals surface area contributed by atoms with Crippen LogP contribution in [-0.4, -0.2) is 33.3 Å². The van der Waals surface area contributed by atoms with Gasteiger partial charge in [0.05, 0.1) is 11.6 Å². The number of hydrogen-bond acceptors (Lipinski definition) is 4. The van der Waals surface area contributed by atoms with Crippen molar-refractivity contribution in [1.29, 1.82) is 0 Å². The first-order valence-corrected chi connectivity index (χ1v) is 9.50. The minimum absolute atomic E-state index is 0.0926. The number of ketones is 1. The van der Waals surface area contributed by atoms with Crippen LogP contribution in [-0.2, 0) is 9.59 Å². The van der Waals surface area contributed by atoms with Gasteiger partial charge >= 0.3 is 0 Å². The SMILES string of the molecule is CCCCN1C(=O)C(=O)/C(=C(\O)c2ccc(C)c(C)c2)C1c1ccc(O)cc1. The molecule has 1 aliphatic rings. The molecule has 0 spiro atoms. The molecule has 0 saturated carbocycles. The van der Waals surface area contributed by atoms with E-state index in [0.29, 0.717) is 17.7 Å². The molecule has 5 heteroatoms. The van der Waals surface area contributed by atoms with Crippen LogP contribution >= 0.6 is 0 Å². The van der Waals surface area contributed by atoms with Crippen LogP contribution in [0.1, 0.15) is 48.1 Å². The van der Waals surface area contributed by atoms with Gasteiger partial charge in [0.2, 0.25) is 0 Å². The molecule has 0 aromatic heterocycles. The predicted molar refractivity (Wildman–Crippen MR) is 108 cm³/mol. The van der Waals surface area contributed by atoms with Gasteiger partial charge in [-0.2, -0.15) is 0 Å². The Hall–Kier alpha value is -3.08.